The maximum atomic E-state index is 13.3. The molecule has 1 aliphatic carbocycles. The van der Waals surface area contributed by atoms with E-state index in [1.807, 2.05) is 49.6 Å². The van der Waals surface area contributed by atoms with Crippen molar-refractivity contribution in [3.8, 4) is 11.1 Å². The third-order valence-corrected chi connectivity index (χ3v) is 8.50. The predicted octanol–water partition coefficient (Wildman–Crippen LogP) is 7.22. The van der Waals surface area contributed by atoms with Gasteiger partial charge in [0, 0.05) is 18.2 Å². The highest BCUT2D eigenvalue weighted by atomic mass is 32.2. The highest BCUT2D eigenvalue weighted by Gasteiger charge is 2.23. The van der Waals surface area contributed by atoms with Crippen LogP contribution in [0.15, 0.2) is 42.5 Å². The number of carbonyl (C=O) groups is 2. The van der Waals surface area contributed by atoms with Gasteiger partial charge >= 0.3 is 5.97 Å². The summed E-state index contributed by atoms with van der Waals surface area (Å²) in [6.07, 6.45) is 14.2. The molecule has 6 heteroatoms. The molecular weight excluding hydrogens is 492 g/mol. The van der Waals surface area contributed by atoms with E-state index in [0.717, 1.165) is 41.1 Å². The zero-order chi connectivity index (χ0) is 27.3. The third-order valence-electron chi connectivity index (χ3n) is 7.86. The van der Waals surface area contributed by atoms with Crippen molar-refractivity contribution >= 4 is 23.6 Å². The zero-order valence-electron chi connectivity index (χ0n) is 23.4. The van der Waals surface area contributed by atoms with Crippen LogP contribution in [-0.4, -0.2) is 41.1 Å². The molecule has 0 aliphatic heterocycles. The van der Waals surface area contributed by atoms with Crippen LogP contribution in [-0.2, 0) is 11.3 Å². The highest BCUT2D eigenvalue weighted by Crippen LogP contribution is 2.30. The van der Waals surface area contributed by atoms with Crippen LogP contribution in [0, 0.1) is 12.8 Å². The van der Waals surface area contributed by atoms with Gasteiger partial charge in [-0.25, -0.2) is 4.79 Å². The summed E-state index contributed by atoms with van der Waals surface area (Å²) in [6, 6.07) is 13.6. The highest BCUT2D eigenvalue weighted by molar-refractivity contribution is 7.98. The van der Waals surface area contributed by atoms with E-state index >= 15 is 0 Å². The fourth-order valence-electron chi connectivity index (χ4n) is 5.60. The van der Waals surface area contributed by atoms with Crippen LogP contribution in [0.3, 0.4) is 0 Å². The van der Waals surface area contributed by atoms with E-state index in [1.165, 1.54) is 51.4 Å². The Labute approximate surface area is 233 Å². The summed E-state index contributed by atoms with van der Waals surface area (Å²) < 4.78 is 0. The Kier molecular flexibility index (Phi) is 12.7. The Morgan fingerprint density at radius 1 is 1.03 bits per heavy atom. The number of carboxylic acid groups (broad SMARTS) is 1. The number of hydrogen-bond donors (Lipinski definition) is 3. The molecule has 0 spiro atoms. The van der Waals surface area contributed by atoms with Crippen molar-refractivity contribution < 1.29 is 14.7 Å². The van der Waals surface area contributed by atoms with Gasteiger partial charge in [-0.2, -0.15) is 11.8 Å². The first-order valence-electron chi connectivity index (χ1n) is 14.4. The Morgan fingerprint density at radius 2 is 1.79 bits per heavy atom. The topological polar surface area (TPSA) is 78.4 Å². The summed E-state index contributed by atoms with van der Waals surface area (Å²) >= 11 is 1.57. The lowest BCUT2D eigenvalue weighted by Gasteiger charge is -2.25. The van der Waals surface area contributed by atoms with Gasteiger partial charge in [0.1, 0.15) is 6.04 Å². The normalized spacial score (nSPS) is 15.7. The quantitative estimate of drug-likeness (QED) is 0.223. The predicted molar refractivity (Wildman–Crippen MR) is 160 cm³/mol. The van der Waals surface area contributed by atoms with Crippen LogP contribution in [0.25, 0.3) is 11.1 Å². The summed E-state index contributed by atoms with van der Waals surface area (Å²) in [7, 11) is 0. The molecule has 2 atom stereocenters. The Balaban J connectivity index is 1.77. The van der Waals surface area contributed by atoms with Gasteiger partial charge in [-0.15, -0.1) is 0 Å². The average molecular weight is 539 g/mol. The number of aliphatic carboxylic acids is 1. The summed E-state index contributed by atoms with van der Waals surface area (Å²) in [5.74, 6) is 0.223. The molecule has 2 unspecified atom stereocenters. The fraction of sp³-hybridized carbons (Fsp3) is 0.562. The Morgan fingerprint density at radius 3 is 2.47 bits per heavy atom. The number of carboxylic acids is 1. The molecule has 1 amide bonds. The first-order chi connectivity index (χ1) is 18.4. The molecule has 5 nitrogen and oxygen atoms in total. The van der Waals surface area contributed by atoms with Crippen LogP contribution in [0.1, 0.15) is 92.6 Å². The lowest BCUT2D eigenvalue weighted by atomic mass is 9.85. The van der Waals surface area contributed by atoms with Crippen molar-refractivity contribution in [3.05, 3.63) is 59.2 Å². The van der Waals surface area contributed by atoms with Gasteiger partial charge in [-0.1, -0.05) is 75.8 Å². The number of benzene rings is 2. The monoisotopic (exact) mass is 538 g/mol. The molecule has 3 rings (SSSR count). The van der Waals surface area contributed by atoms with Gasteiger partial charge in [0.05, 0.1) is 0 Å². The molecule has 3 N–H and O–H groups in total. The number of carbonyl (C=O) groups excluding carboxylic acids is 1. The third kappa shape index (κ3) is 9.16. The fourth-order valence-corrected chi connectivity index (χ4v) is 6.07. The molecule has 2 aromatic carbocycles. The van der Waals surface area contributed by atoms with Crippen LogP contribution in [0.2, 0.25) is 0 Å². The van der Waals surface area contributed by atoms with Crippen molar-refractivity contribution in [1.29, 1.82) is 0 Å². The molecule has 0 bridgehead atoms. The second-order valence-electron chi connectivity index (χ2n) is 10.8. The summed E-state index contributed by atoms with van der Waals surface area (Å²) in [4.78, 5) is 25.1. The Hall–Kier alpha value is -2.31. The van der Waals surface area contributed by atoms with Crippen molar-refractivity contribution in [3.63, 3.8) is 0 Å². The molecule has 2 aromatic rings. The molecule has 38 heavy (non-hydrogen) atoms. The van der Waals surface area contributed by atoms with Gasteiger partial charge in [0.25, 0.3) is 5.91 Å². The van der Waals surface area contributed by atoms with Crippen molar-refractivity contribution in [2.24, 2.45) is 5.92 Å². The Bertz CT molecular complexity index is 1040. The van der Waals surface area contributed by atoms with Crippen LogP contribution in [0.4, 0.5) is 0 Å². The summed E-state index contributed by atoms with van der Waals surface area (Å²) in [6.45, 7) is 5.05. The van der Waals surface area contributed by atoms with Crippen LogP contribution < -0.4 is 10.6 Å². The van der Waals surface area contributed by atoms with E-state index in [9.17, 15) is 14.7 Å². The largest absolute Gasteiger partial charge is 0.480 e. The minimum absolute atomic E-state index is 0.340. The van der Waals surface area contributed by atoms with Crippen molar-refractivity contribution in [1.82, 2.24) is 10.6 Å². The van der Waals surface area contributed by atoms with Crippen molar-refractivity contribution in [2.45, 2.75) is 96.7 Å². The molecule has 1 aliphatic rings. The van der Waals surface area contributed by atoms with Gasteiger partial charge in [-0.05, 0) is 84.9 Å². The first kappa shape index (κ1) is 30.2. The van der Waals surface area contributed by atoms with Crippen molar-refractivity contribution in [2.75, 3.05) is 12.0 Å². The minimum Gasteiger partial charge on any atom is -0.480 e. The van der Waals surface area contributed by atoms with E-state index in [1.54, 1.807) is 11.8 Å². The maximum Gasteiger partial charge on any atom is 0.326 e. The number of aryl methyl sites for hydroxylation is 1. The second-order valence-corrected chi connectivity index (χ2v) is 11.8. The molecule has 0 saturated heterocycles. The van der Waals surface area contributed by atoms with Gasteiger partial charge in [0.15, 0.2) is 0 Å². The van der Waals surface area contributed by atoms with E-state index in [0.29, 0.717) is 23.8 Å². The molecule has 0 heterocycles. The standard InChI is InChI=1S/C32H46N2O3S/c1-4-10-26(17-15-24-12-6-5-7-13-24)33-22-25-16-18-28(29(21-25)27-14-9-8-11-23(27)2)31(35)34-30(32(36)37)19-20-38-3/h8-9,11,14,16,18,21,24,26,30,33H,4-7,10,12-13,15,17,19-20,22H2,1-3H3,(H,34,35)(H,36,37). The lowest BCUT2D eigenvalue weighted by molar-refractivity contribution is -0.139. The van der Waals surface area contributed by atoms with E-state index < -0.39 is 12.0 Å². The summed E-state index contributed by atoms with van der Waals surface area (Å²) in [5.41, 5.74) is 4.58. The summed E-state index contributed by atoms with van der Waals surface area (Å²) in [5, 5.41) is 16.2. The van der Waals surface area contributed by atoms with Gasteiger partial charge < -0.3 is 15.7 Å². The van der Waals surface area contributed by atoms with E-state index in [2.05, 4.69) is 23.6 Å². The first-order valence-corrected chi connectivity index (χ1v) is 15.8. The number of thioether (sulfide) groups is 1. The van der Waals surface area contributed by atoms with Crippen LogP contribution in [0.5, 0.6) is 0 Å². The number of nitrogens with one attached hydrogen (secondary N) is 2. The number of rotatable bonds is 15. The lowest BCUT2D eigenvalue weighted by Crippen LogP contribution is -2.41. The maximum absolute atomic E-state index is 13.3. The van der Waals surface area contributed by atoms with Gasteiger partial charge in [0.2, 0.25) is 0 Å². The van der Waals surface area contributed by atoms with Crippen LogP contribution >= 0.6 is 11.8 Å². The molecule has 0 aromatic heterocycles. The molecule has 208 valence electrons. The molecule has 0 radical (unpaired) electrons. The van der Waals surface area contributed by atoms with Gasteiger partial charge in [-0.3, -0.25) is 4.79 Å². The average Bonchev–Trinajstić information content (AvgIpc) is 2.93. The van der Waals surface area contributed by atoms with E-state index in [-0.39, 0.29) is 5.91 Å². The molecule has 1 fully saturated rings. The number of hydrogen-bond acceptors (Lipinski definition) is 4. The zero-order valence-corrected chi connectivity index (χ0v) is 24.2. The second kappa shape index (κ2) is 15.9. The smallest absolute Gasteiger partial charge is 0.326 e. The van der Waals surface area contributed by atoms with E-state index in [4.69, 9.17) is 0 Å². The number of amides is 1. The molecular formula is C32H46N2O3S. The molecule has 1 saturated carbocycles. The minimum atomic E-state index is -0.999. The SMILES string of the molecule is CCCC(CCC1CCCCC1)NCc1ccc(C(=O)NC(CCSC)C(=O)O)c(-c2ccccc2C)c1.